The van der Waals surface area contributed by atoms with Gasteiger partial charge < -0.3 is 14.8 Å². The molecule has 6 heteroatoms. The predicted molar refractivity (Wildman–Crippen MR) is 79.5 cm³/mol. The first kappa shape index (κ1) is 16.2. The Bertz CT molecular complexity index is 623. The molecule has 0 aliphatic carbocycles. The van der Waals surface area contributed by atoms with Crippen LogP contribution < -0.4 is 5.32 Å². The standard InChI is InChI=1S/C16H19FN2O3/c1-10(2)14(20)8-18-15(21)7-13-9-22-16(19-13)11-3-5-12(17)6-4-11/h3-6,9-10,14,20H,7-8H2,1-2H3,(H,18,21). The molecule has 1 atom stereocenters. The van der Waals surface area contributed by atoms with Crippen molar-refractivity contribution in [2.45, 2.75) is 26.4 Å². The van der Waals surface area contributed by atoms with E-state index in [1.54, 1.807) is 12.1 Å². The van der Waals surface area contributed by atoms with Gasteiger partial charge in [-0.1, -0.05) is 13.8 Å². The molecule has 5 nitrogen and oxygen atoms in total. The summed E-state index contributed by atoms with van der Waals surface area (Å²) in [7, 11) is 0. The third-order valence-corrected chi connectivity index (χ3v) is 3.26. The molecule has 0 bridgehead atoms. The Kier molecular flexibility index (Phi) is 5.27. The number of hydrogen-bond acceptors (Lipinski definition) is 4. The Morgan fingerprint density at radius 1 is 1.36 bits per heavy atom. The zero-order valence-electron chi connectivity index (χ0n) is 12.5. The summed E-state index contributed by atoms with van der Waals surface area (Å²) in [5, 5.41) is 12.3. The number of nitrogens with zero attached hydrogens (tertiary/aromatic N) is 1. The van der Waals surface area contributed by atoms with Gasteiger partial charge >= 0.3 is 0 Å². The number of carbonyl (C=O) groups excluding carboxylic acids is 1. The number of benzene rings is 1. The average Bonchev–Trinajstić information content (AvgIpc) is 2.93. The quantitative estimate of drug-likeness (QED) is 0.857. The summed E-state index contributed by atoms with van der Waals surface area (Å²) in [6.45, 7) is 3.96. The maximum absolute atomic E-state index is 12.9. The van der Waals surface area contributed by atoms with E-state index in [9.17, 15) is 14.3 Å². The molecular formula is C16H19FN2O3. The molecule has 1 unspecified atom stereocenters. The Balaban J connectivity index is 1.91. The van der Waals surface area contributed by atoms with Gasteiger partial charge in [0.05, 0.1) is 18.2 Å². The zero-order valence-corrected chi connectivity index (χ0v) is 12.5. The van der Waals surface area contributed by atoms with Gasteiger partial charge in [0.1, 0.15) is 12.1 Å². The monoisotopic (exact) mass is 306 g/mol. The topological polar surface area (TPSA) is 75.4 Å². The minimum absolute atomic E-state index is 0.0650. The first-order valence-electron chi connectivity index (χ1n) is 7.11. The van der Waals surface area contributed by atoms with Crippen LogP contribution in [0.15, 0.2) is 34.9 Å². The van der Waals surface area contributed by atoms with Crippen molar-refractivity contribution in [3.63, 3.8) is 0 Å². The lowest BCUT2D eigenvalue weighted by atomic mass is 10.1. The number of amides is 1. The fourth-order valence-electron chi connectivity index (χ4n) is 1.79. The lowest BCUT2D eigenvalue weighted by Gasteiger charge is -2.14. The Morgan fingerprint density at radius 2 is 2.05 bits per heavy atom. The van der Waals surface area contributed by atoms with Crippen molar-refractivity contribution in [3.05, 3.63) is 42.0 Å². The first-order chi connectivity index (χ1) is 10.5. The summed E-state index contributed by atoms with van der Waals surface area (Å²) in [5.74, 6) is -0.153. The van der Waals surface area contributed by atoms with Crippen LogP contribution in [0, 0.1) is 11.7 Å². The van der Waals surface area contributed by atoms with Gasteiger partial charge in [-0.3, -0.25) is 4.79 Å². The fraction of sp³-hybridized carbons (Fsp3) is 0.375. The molecule has 0 fully saturated rings. The van der Waals surface area contributed by atoms with Gasteiger partial charge in [-0.25, -0.2) is 9.37 Å². The molecule has 2 aromatic rings. The van der Waals surface area contributed by atoms with Gasteiger partial charge in [0.25, 0.3) is 0 Å². The lowest BCUT2D eigenvalue weighted by Crippen LogP contribution is -2.35. The molecule has 2 N–H and O–H groups in total. The highest BCUT2D eigenvalue weighted by atomic mass is 19.1. The van der Waals surface area contributed by atoms with E-state index in [0.717, 1.165) is 0 Å². The number of nitrogens with one attached hydrogen (secondary N) is 1. The van der Waals surface area contributed by atoms with E-state index < -0.39 is 6.10 Å². The molecular weight excluding hydrogens is 287 g/mol. The number of hydrogen-bond donors (Lipinski definition) is 2. The molecule has 1 aromatic carbocycles. The van der Waals surface area contributed by atoms with Gasteiger partial charge in [0, 0.05) is 12.1 Å². The summed E-state index contributed by atoms with van der Waals surface area (Å²) in [6, 6.07) is 5.76. The van der Waals surface area contributed by atoms with E-state index in [1.807, 2.05) is 13.8 Å². The van der Waals surface area contributed by atoms with Crippen LogP contribution in [0.25, 0.3) is 11.5 Å². The predicted octanol–water partition coefficient (Wildman–Crippen LogP) is 2.16. The highest BCUT2D eigenvalue weighted by Crippen LogP contribution is 2.19. The number of aromatic nitrogens is 1. The maximum atomic E-state index is 12.9. The minimum atomic E-state index is -0.573. The lowest BCUT2D eigenvalue weighted by molar-refractivity contribution is -0.121. The van der Waals surface area contributed by atoms with Crippen LogP contribution in [0.3, 0.4) is 0 Å². The largest absolute Gasteiger partial charge is 0.444 e. The van der Waals surface area contributed by atoms with Crippen molar-refractivity contribution in [2.75, 3.05) is 6.54 Å². The molecule has 0 spiro atoms. The van der Waals surface area contributed by atoms with Gasteiger partial charge in [-0.15, -0.1) is 0 Å². The SMILES string of the molecule is CC(C)C(O)CNC(=O)Cc1coc(-c2ccc(F)cc2)n1. The van der Waals surface area contributed by atoms with E-state index in [4.69, 9.17) is 4.42 Å². The summed E-state index contributed by atoms with van der Waals surface area (Å²) in [6.07, 6.45) is 0.892. The maximum Gasteiger partial charge on any atom is 0.226 e. The number of halogens is 1. The van der Waals surface area contributed by atoms with Crippen LogP contribution in [0.5, 0.6) is 0 Å². The first-order valence-corrected chi connectivity index (χ1v) is 7.11. The molecule has 0 saturated carbocycles. The van der Waals surface area contributed by atoms with Crippen LogP contribution in [-0.2, 0) is 11.2 Å². The van der Waals surface area contributed by atoms with Crippen molar-refractivity contribution in [1.82, 2.24) is 10.3 Å². The van der Waals surface area contributed by atoms with Crippen LogP contribution in [0.2, 0.25) is 0 Å². The van der Waals surface area contributed by atoms with Crippen molar-refractivity contribution >= 4 is 5.91 Å². The minimum Gasteiger partial charge on any atom is -0.444 e. The van der Waals surface area contributed by atoms with Gasteiger partial charge in [-0.2, -0.15) is 0 Å². The smallest absolute Gasteiger partial charge is 0.226 e. The molecule has 1 amide bonds. The molecule has 2 rings (SSSR count). The Labute approximate surface area is 128 Å². The number of rotatable bonds is 6. The number of oxazole rings is 1. The summed E-state index contributed by atoms with van der Waals surface area (Å²) < 4.78 is 18.2. The zero-order chi connectivity index (χ0) is 16.1. The van der Waals surface area contributed by atoms with E-state index in [2.05, 4.69) is 10.3 Å². The number of aliphatic hydroxyl groups excluding tert-OH is 1. The van der Waals surface area contributed by atoms with Crippen molar-refractivity contribution < 1.29 is 18.7 Å². The van der Waals surface area contributed by atoms with E-state index >= 15 is 0 Å². The van der Waals surface area contributed by atoms with E-state index in [0.29, 0.717) is 17.1 Å². The van der Waals surface area contributed by atoms with E-state index in [1.165, 1.54) is 18.4 Å². The van der Waals surface area contributed by atoms with Gasteiger partial charge in [0.2, 0.25) is 11.8 Å². The highest BCUT2D eigenvalue weighted by molar-refractivity contribution is 5.78. The molecule has 22 heavy (non-hydrogen) atoms. The number of carbonyl (C=O) groups is 1. The fourth-order valence-corrected chi connectivity index (χ4v) is 1.79. The van der Waals surface area contributed by atoms with Crippen molar-refractivity contribution in [3.8, 4) is 11.5 Å². The summed E-state index contributed by atoms with van der Waals surface area (Å²) in [5.41, 5.74) is 1.12. The third kappa shape index (κ3) is 4.39. The second-order valence-electron chi connectivity index (χ2n) is 5.44. The third-order valence-electron chi connectivity index (χ3n) is 3.26. The second-order valence-corrected chi connectivity index (χ2v) is 5.44. The molecule has 0 aliphatic heterocycles. The van der Waals surface area contributed by atoms with E-state index in [-0.39, 0.29) is 30.6 Å². The molecule has 118 valence electrons. The van der Waals surface area contributed by atoms with Crippen molar-refractivity contribution in [1.29, 1.82) is 0 Å². The molecule has 1 heterocycles. The Morgan fingerprint density at radius 3 is 2.68 bits per heavy atom. The second kappa shape index (κ2) is 7.17. The van der Waals surface area contributed by atoms with Crippen LogP contribution in [0.4, 0.5) is 4.39 Å². The summed E-state index contributed by atoms with van der Waals surface area (Å²) >= 11 is 0. The Hall–Kier alpha value is -2.21. The average molecular weight is 306 g/mol. The van der Waals surface area contributed by atoms with Crippen LogP contribution >= 0.6 is 0 Å². The van der Waals surface area contributed by atoms with Crippen molar-refractivity contribution in [2.24, 2.45) is 5.92 Å². The van der Waals surface area contributed by atoms with Crippen LogP contribution in [0.1, 0.15) is 19.5 Å². The summed E-state index contributed by atoms with van der Waals surface area (Å²) in [4.78, 5) is 16.0. The highest BCUT2D eigenvalue weighted by Gasteiger charge is 2.13. The molecule has 1 aromatic heterocycles. The van der Waals surface area contributed by atoms with Gasteiger partial charge in [0.15, 0.2) is 0 Å². The molecule has 0 saturated heterocycles. The normalized spacial score (nSPS) is 12.4. The van der Waals surface area contributed by atoms with Crippen LogP contribution in [-0.4, -0.2) is 28.6 Å². The molecule has 0 aliphatic rings. The van der Waals surface area contributed by atoms with Gasteiger partial charge in [-0.05, 0) is 30.2 Å². The molecule has 0 radical (unpaired) electrons. The number of aliphatic hydroxyl groups is 1.